The number of imidazole rings is 1. The Morgan fingerprint density at radius 1 is 1.09 bits per heavy atom. The quantitative estimate of drug-likeness (QED) is 0.169. The van der Waals surface area contributed by atoms with Gasteiger partial charge in [-0.3, -0.25) is 5.10 Å². The van der Waals surface area contributed by atoms with E-state index in [0.717, 1.165) is 61.7 Å². The van der Waals surface area contributed by atoms with Crippen molar-refractivity contribution in [2.75, 3.05) is 0 Å². The molecule has 6 heteroatoms. The molecule has 0 amide bonds. The van der Waals surface area contributed by atoms with Gasteiger partial charge in [-0.1, -0.05) is 88.3 Å². The van der Waals surface area contributed by atoms with Gasteiger partial charge in [-0.15, -0.1) is 0 Å². The van der Waals surface area contributed by atoms with Gasteiger partial charge in [0.2, 0.25) is 0 Å². The van der Waals surface area contributed by atoms with Crippen LogP contribution in [0.25, 0.3) is 45.8 Å². The first kappa shape index (κ1) is 29.8. The highest BCUT2D eigenvalue weighted by atomic mass is 19.1. The lowest BCUT2D eigenvalue weighted by Gasteiger charge is -2.23. The molecule has 1 aliphatic carbocycles. The van der Waals surface area contributed by atoms with Gasteiger partial charge >= 0.3 is 0 Å². The summed E-state index contributed by atoms with van der Waals surface area (Å²) in [5, 5.41) is 13.0. The number of hydrogen-bond donors (Lipinski definition) is 3. The van der Waals surface area contributed by atoms with Crippen molar-refractivity contribution in [1.29, 1.82) is 0 Å². The summed E-state index contributed by atoms with van der Waals surface area (Å²) in [5.74, 6) is 1.04. The first-order valence-corrected chi connectivity index (χ1v) is 15.0. The van der Waals surface area contributed by atoms with Crippen molar-refractivity contribution in [2.24, 2.45) is 5.92 Å². The van der Waals surface area contributed by atoms with E-state index < -0.39 is 0 Å². The molecule has 0 unspecified atom stereocenters. The summed E-state index contributed by atoms with van der Waals surface area (Å²) < 4.78 is 14.0. The summed E-state index contributed by atoms with van der Waals surface area (Å²) in [6.45, 7) is 16.7. The smallest absolute Gasteiger partial charge is 0.159 e. The van der Waals surface area contributed by atoms with E-state index in [1.54, 1.807) is 6.07 Å². The van der Waals surface area contributed by atoms with E-state index in [1.165, 1.54) is 44.2 Å². The van der Waals surface area contributed by atoms with Gasteiger partial charge in [0, 0.05) is 22.2 Å². The summed E-state index contributed by atoms with van der Waals surface area (Å²) >= 11 is 0. The number of fused-ring (bicyclic) bond motifs is 1. The molecule has 1 saturated carbocycles. The molecule has 0 spiro atoms. The fourth-order valence-electron chi connectivity index (χ4n) is 5.87. The van der Waals surface area contributed by atoms with E-state index in [2.05, 4.69) is 46.3 Å². The molecule has 1 fully saturated rings. The number of aromatic amines is 2. The zero-order valence-corrected chi connectivity index (χ0v) is 25.1. The van der Waals surface area contributed by atoms with Crippen molar-refractivity contribution in [1.82, 2.24) is 25.5 Å². The molecule has 1 aliphatic rings. The molecule has 0 radical (unpaired) electrons. The Bertz CT molecular complexity index is 1840. The zero-order valence-electron chi connectivity index (χ0n) is 25.1. The van der Waals surface area contributed by atoms with Crippen LogP contribution in [0, 0.1) is 11.7 Å². The number of halogens is 1. The van der Waals surface area contributed by atoms with Crippen LogP contribution in [0.15, 0.2) is 103 Å². The van der Waals surface area contributed by atoms with E-state index in [-0.39, 0.29) is 5.82 Å². The van der Waals surface area contributed by atoms with Crippen molar-refractivity contribution >= 4 is 23.2 Å². The van der Waals surface area contributed by atoms with Gasteiger partial charge in [0.05, 0.1) is 16.4 Å². The molecular formula is C37H40FN5. The Kier molecular flexibility index (Phi) is 9.35. The van der Waals surface area contributed by atoms with Gasteiger partial charge in [-0.05, 0) is 79.3 Å². The van der Waals surface area contributed by atoms with Crippen molar-refractivity contribution in [3.05, 3.63) is 119 Å². The monoisotopic (exact) mass is 573 g/mol. The number of H-pyrrole nitrogens is 2. The van der Waals surface area contributed by atoms with Crippen molar-refractivity contribution in [3.8, 4) is 22.6 Å². The largest absolute Gasteiger partial charge is 0.359 e. The Balaban J connectivity index is 1.46. The average molecular weight is 574 g/mol. The summed E-state index contributed by atoms with van der Waals surface area (Å²) in [6.07, 6.45) is 17.4. The molecule has 2 aromatic heterocycles. The number of benzene rings is 2. The molecule has 0 aliphatic heterocycles. The fourth-order valence-corrected chi connectivity index (χ4v) is 5.87. The lowest BCUT2D eigenvalue weighted by molar-refractivity contribution is 0.353. The third kappa shape index (κ3) is 6.86. The zero-order chi connectivity index (χ0) is 30.3. The van der Waals surface area contributed by atoms with Crippen LogP contribution in [0.2, 0.25) is 0 Å². The lowest BCUT2D eigenvalue weighted by atomic mass is 9.86. The van der Waals surface area contributed by atoms with Crippen molar-refractivity contribution < 1.29 is 4.39 Å². The van der Waals surface area contributed by atoms with E-state index >= 15 is 0 Å². The minimum absolute atomic E-state index is 0.284. The Morgan fingerprint density at radius 2 is 1.88 bits per heavy atom. The first-order valence-electron chi connectivity index (χ1n) is 15.0. The van der Waals surface area contributed by atoms with Crippen LogP contribution in [0.3, 0.4) is 0 Å². The molecule has 0 bridgehead atoms. The van der Waals surface area contributed by atoms with Crippen LogP contribution in [-0.4, -0.2) is 20.2 Å². The molecular weight excluding hydrogens is 533 g/mol. The molecule has 5 nitrogen and oxygen atoms in total. The Hall–Kier alpha value is -4.71. The van der Waals surface area contributed by atoms with E-state index in [0.29, 0.717) is 17.4 Å². The third-order valence-corrected chi connectivity index (χ3v) is 8.11. The van der Waals surface area contributed by atoms with Gasteiger partial charge in [-0.2, -0.15) is 5.10 Å². The normalized spacial score (nSPS) is 15.7. The molecule has 2 aromatic carbocycles. The lowest BCUT2D eigenvalue weighted by Crippen LogP contribution is -2.24. The van der Waals surface area contributed by atoms with Crippen LogP contribution in [0.4, 0.5) is 4.39 Å². The number of rotatable bonds is 10. The van der Waals surface area contributed by atoms with E-state index in [1.807, 2.05) is 62.4 Å². The van der Waals surface area contributed by atoms with Crippen LogP contribution in [0.1, 0.15) is 52.4 Å². The predicted octanol–water partition coefficient (Wildman–Crippen LogP) is 7.99. The Morgan fingerprint density at radius 3 is 2.60 bits per heavy atom. The number of hydrogen-bond acceptors (Lipinski definition) is 3. The topological polar surface area (TPSA) is 69.4 Å². The predicted molar refractivity (Wildman–Crippen MR) is 178 cm³/mol. The highest BCUT2D eigenvalue weighted by Gasteiger charge is 2.16. The second-order valence-corrected chi connectivity index (χ2v) is 11.1. The second kappa shape index (κ2) is 13.5. The van der Waals surface area contributed by atoms with E-state index in [9.17, 15) is 4.39 Å². The summed E-state index contributed by atoms with van der Waals surface area (Å²) in [6, 6.07) is 12.4. The standard InChI is InChI=1S/C37H40FN5/c1-6-27(23-30(7-2)39-25(5)21-26-14-10-9-11-15-26)24(4)20-32-33(8-3)42-43-36(32)37-40-34-19-13-18-31(35(34)41-37)28-16-12-17-29(38)22-28/h6-8,12-13,16-20,22-23,26,39,42H,2,4-5,9-11,14-15,21H2,1,3H3,(H,40,41)/b27-6+,30-23+,32-20+,33-8+. The van der Waals surface area contributed by atoms with Crippen LogP contribution < -0.4 is 15.9 Å². The number of nitrogens with one attached hydrogen (secondary N) is 3. The fraction of sp³-hybridized carbons (Fsp3) is 0.243. The van der Waals surface area contributed by atoms with Gasteiger partial charge in [0.25, 0.3) is 0 Å². The molecule has 2 heterocycles. The Labute approximate surface area is 253 Å². The summed E-state index contributed by atoms with van der Waals surface area (Å²) in [7, 11) is 0. The molecule has 43 heavy (non-hydrogen) atoms. The van der Waals surface area contributed by atoms with Gasteiger partial charge < -0.3 is 10.3 Å². The molecule has 0 atom stereocenters. The summed E-state index contributed by atoms with van der Waals surface area (Å²) in [4.78, 5) is 8.34. The van der Waals surface area contributed by atoms with Crippen LogP contribution in [-0.2, 0) is 0 Å². The van der Waals surface area contributed by atoms with Gasteiger partial charge in [0.15, 0.2) is 5.82 Å². The average Bonchev–Trinajstić information content (AvgIpc) is 3.63. The van der Waals surface area contributed by atoms with Crippen molar-refractivity contribution in [2.45, 2.75) is 52.4 Å². The minimum Gasteiger partial charge on any atom is -0.359 e. The minimum atomic E-state index is -0.284. The second-order valence-electron chi connectivity index (χ2n) is 11.1. The van der Waals surface area contributed by atoms with Crippen molar-refractivity contribution in [3.63, 3.8) is 0 Å². The highest BCUT2D eigenvalue weighted by molar-refractivity contribution is 5.93. The maximum atomic E-state index is 14.0. The third-order valence-electron chi connectivity index (χ3n) is 8.11. The van der Waals surface area contributed by atoms with Crippen LogP contribution >= 0.6 is 0 Å². The number of allylic oxidation sites excluding steroid dienone is 6. The van der Waals surface area contributed by atoms with Crippen LogP contribution in [0.5, 0.6) is 0 Å². The SMILES string of the molecule is C=C/C(=C\C(=C/C)C(=C)/C=c1/c(-c2nc3c(-c4cccc(F)c4)cccc3[nH]2)n[nH]/c1=C/C)NC(=C)CC1CCCCC1. The first-order chi connectivity index (χ1) is 20.9. The van der Waals surface area contributed by atoms with Gasteiger partial charge in [-0.25, -0.2) is 9.37 Å². The number of nitrogens with zero attached hydrogens (tertiary/aromatic N) is 2. The molecule has 3 N–H and O–H groups in total. The summed E-state index contributed by atoms with van der Waals surface area (Å²) in [5.41, 5.74) is 7.59. The molecule has 220 valence electrons. The maximum absolute atomic E-state index is 14.0. The maximum Gasteiger partial charge on any atom is 0.159 e. The number of aromatic nitrogens is 4. The highest BCUT2D eigenvalue weighted by Crippen LogP contribution is 2.30. The molecule has 0 saturated heterocycles. The van der Waals surface area contributed by atoms with Gasteiger partial charge in [0.1, 0.15) is 11.5 Å². The molecule has 5 rings (SSSR count). The van der Waals surface area contributed by atoms with E-state index in [4.69, 9.17) is 4.98 Å². The molecule has 4 aromatic rings. The number of para-hydroxylation sites is 1.